The van der Waals surface area contributed by atoms with Crippen LogP contribution in [-0.4, -0.2) is 85.0 Å². The molecule has 0 rings (SSSR count). The van der Waals surface area contributed by atoms with Crippen molar-refractivity contribution in [2.24, 2.45) is 0 Å². The second kappa shape index (κ2) is 12.0. The molecule has 3 N–H and O–H groups in total. The minimum atomic E-state index is -3.71. The second-order valence-electron chi connectivity index (χ2n) is 12.7. The topological polar surface area (TPSA) is 107 Å². The molecule has 0 spiro atoms. The molecule has 0 saturated carbocycles. The van der Waals surface area contributed by atoms with Crippen molar-refractivity contribution in [1.29, 1.82) is 0 Å². The summed E-state index contributed by atoms with van der Waals surface area (Å²) in [6.07, 6.45) is -2.15. The van der Waals surface area contributed by atoms with Crippen LogP contribution in [0.25, 0.3) is 0 Å². The van der Waals surface area contributed by atoms with E-state index < -0.39 is 75.2 Å². The summed E-state index contributed by atoms with van der Waals surface area (Å²) < 4.78 is 33.9. The Morgan fingerprint density at radius 1 is 0.576 bits per heavy atom. The quantitative estimate of drug-likeness (QED) is 0.246. The first-order chi connectivity index (χ1) is 14.4. The van der Waals surface area contributed by atoms with Crippen LogP contribution in [0, 0.1) is 0 Å². The number of hydrogen-bond acceptors (Lipinski definition) is 8. The first-order valence-corrected chi connectivity index (χ1v) is 29.5. The van der Waals surface area contributed by atoms with Gasteiger partial charge in [-0.2, -0.15) is 0 Å². The number of aliphatic hydroxyl groups excluding tert-OH is 3. The molecule has 0 aromatic carbocycles. The first kappa shape index (κ1) is 34.0. The van der Waals surface area contributed by atoms with Gasteiger partial charge in [0.1, 0.15) is 6.10 Å². The van der Waals surface area contributed by atoms with E-state index in [4.69, 9.17) is 20.6 Å². The lowest BCUT2D eigenvalue weighted by Crippen LogP contribution is -2.69. The fraction of sp³-hybridized carbons (Fsp3) is 1.00. The summed E-state index contributed by atoms with van der Waals surface area (Å²) in [5.74, 6) is 0. The highest BCUT2D eigenvalue weighted by Gasteiger charge is 2.62. The minimum absolute atomic E-state index is 0.448. The monoisotopic (exact) mass is 576 g/mol. The van der Waals surface area contributed by atoms with Crippen LogP contribution in [0.4, 0.5) is 0 Å². The average molecular weight is 577 g/mol. The Labute approximate surface area is 209 Å². The van der Waals surface area contributed by atoms with E-state index in [0.717, 1.165) is 0 Å². The van der Waals surface area contributed by atoms with Crippen LogP contribution in [0.1, 0.15) is 13.3 Å². The van der Waals surface area contributed by atoms with Crippen LogP contribution in [0.3, 0.4) is 0 Å². The van der Waals surface area contributed by atoms with Gasteiger partial charge in [0.15, 0.2) is 33.3 Å². The molecule has 33 heavy (non-hydrogen) atoms. The van der Waals surface area contributed by atoms with E-state index in [1.165, 1.54) is 0 Å². The zero-order valence-electron chi connectivity index (χ0n) is 23.5. The zero-order chi connectivity index (χ0) is 26.7. The maximum atomic E-state index is 11.1. The Hall–Kier alpha value is 0.981. The van der Waals surface area contributed by atoms with E-state index in [-0.39, 0.29) is 0 Å². The highest BCUT2D eigenvalue weighted by molar-refractivity contribution is 6.92. The lowest BCUT2D eigenvalue weighted by Gasteiger charge is -2.49. The molecular formula is C19H52O8Si6. The van der Waals surface area contributed by atoms with E-state index >= 15 is 0 Å². The average Bonchev–Trinajstić information content (AvgIpc) is 2.46. The van der Waals surface area contributed by atoms with Gasteiger partial charge in [0, 0.05) is 6.55 Å². The first-order valence-electron chi connectivity index (χ1n) is 11.9. The summed E-state index contributed by atoms with van der Waals surface area (Å²) in [5.41, 5.74) is -0.639. The van der Waals surface area contributed by atoms with Crippen LogP contribution in [-0.2, 0) is 20.6 Å². The van der Waals surface area contributed by atoms with Crippen LogP contribution in [0.2, 0.25) is 90.7 Å². The molecule has 0 heterocycles. The van der Waals surface area contributed by atoms with Crippen molar-refractivity contribution in [1.82, 2.24) is 0 Å². The van der Waals surface area contributed by atoms with Gasteiger partial charge in [-0.05, 0) is 85.0 Å². The fourth-order valence-corrected chi connectivity index (χ4v) is 27.7. The highest BCUT2D eigenvalue weighted by Crippen LogP contribution is 2.41. The van der Waals surface area contributed by atoms with Crippen LogP contribution in [0.5, 0.6) is 0 Å². The molecule has 200 valence electrons. The Bertz CT molecular complexity index is 565. The summed E-state index contributed by atoms with van der Waals surface area (Å²) in [6.45, 7) is 28.2. The summed E-state index contributed by atoms with van der Waals surface area (Å²) in [4.78, 5) is 0. The molecule has 0 amide bonds. The van der Waals surface area contributed by atoms with Crippen molar-refractivity contribution in [2.45, 2.75) is 116 Å². The molecule has 0 aromatic heterocycles. The molecule has 0 aliphatic carbocycles. The van der Waals surface area contributed by atoms with Gasteiger partial charge in [-0.3, -0.25) is 0 Å². The van der Waals surface area contributed by atoms with Crippen LogP contribution >= 0.6 is 0 Å². The van der Waals surface area contributed by atoms with E-state index in [0.29, 0.717) is 6.42 Å². The number of hydrogen-bond donors (Lipinski definition) is 3. The van der Waals surface area contributed by atoms with Gasteiger partial charge in [0.05, 0.1) is 18.3 Å². The summed E-state index contributed by atoms with van der Waals surface area (Å²) in [7, 11) is -15.7. The number of rotatable bonds is 15. The summed E-state index contributed by atoms with van der Waals surface area (Å²) in [6, 6.07) is 0. The Morgan fingerprint density at radius 2 is 0.909 bits per heavy atom. The lowest BCUT2D eigenvalue weighted by molar-refractivity contribution is -0.0275. The van der Waals surface area contributed by atoms with Crippen molar-refractivity contribution in [3.8, 4) is 0 Å². The zero-order valence-corrected chi connectivity index (χ0v) is 29.5. The van der Waals surface area contributed by atoms with E-state index in [9.17, 15) is 15.3 Å². The van der Waals surface area contributed by atoms with Crippen molar-refractivity contribution in [3.63, 3.8) is 0 Å². The predicted octanol–water partition coefficient (Wildman–Crippen LogP) is 4.41. The highest BCUT2D eigenvalue weighted by atomic mass is 28.5. The van der Waals surface area contributed by atoms with Gasteiger partial charge in [-0.15, -0.1) is 0 Å². The van der Waals surface area contributed by atoms with Crippen molar-refractivity contribution in [2.75, 3.05) is 6.61 Å². The van der Waals surface area contributed by atoms with E-state index in [1.807, 2.05) is 13.5 Å². The maximum absolute atomic E-state index is 11.1. The molecule has 0 aromatic rings. The molecule has 3 unspecified atom stereocenters. The van der Waals surface area contributed by atoms with Gasteiger partial charge in [0.2, 0.25) is 0 Å². The maximum Gasteiger partial charge on any atom is 0.478 e. The van der Waals surface area contributed by atoms with Gasteiger partial charge in [0.25, 0.3) is 0 Å². The molecule has 0 saturated heterocycles. The Balaban J connectivity index is 6.98. The fourth-order valence-electron chi connectivity index (χ4n) is 3.65. The largest absolute Gasteiger partial charge is 0.478 e. The van der Waals surface area contributed by atoms with E-state index in [2.05, 4.69) is 78.6 Å². The standard InChI is InChI=1S/C19H52O8Si6/c1-15-18(19(22)17(21)16-20)33(25-30(8,9)10,26-31(11,12)13)27-32(14,23-28(2,3)4)24-29(5,6)7/h17-22H,15-16H2,1-14H3. The lowest BCUT2D eigenvalue weighted by atomic mass is 10.1. The molecular weight excluding hydrogens is 525 g/mol. The van der Waals surface area contributed by atoms with Crippen molar-refractivity contribution < 1.29 is 35.9 Å². The van der Waals surface area contributed by atoms with Gasteiger partial charge < -0.3 is 35.9 Å². The van der Waals surface area contributed by atoms with Crippen LogP contribution < -0.4 is 0 Å². The molecule has 0 aliphatic rings. The second-order valence-corrected chi connectivity index (χ2v) is 37.3. The Kier molecular flexibility index (Phi) is 12.4. The molecule has 0 fully saturated rings. The van der Waals surface area contributed by atoms with Gasteiger partial charge >= 0.3 is 17.6 Å². The van der Waals surface area contributed by atoms with Crippen molar-refractivity contribution in [3.05, 3.63) is 0 Å². The normalized spacial score (nSPS) is 17.7. The molecule has 14 heteroatoms. The van der Waals surface area contributed by atoms with E-state index in [1.54, 1.807) is 0 Å². The van der Waals surface area contributed by atoms with Gasteiger partial charge in [-0.25, -0.2) is 0 Å². The summed E-state index contributed by atoms with van der Waals surface area (Å²) in [5, 5.41) is 31.1. The number of aliphatic hydroxyl groups is 3. The third kappa shape index (κ3) is 13.2. The van der Waals surface area contributed by atoms with Gasteiger partial charge in [-0.1, -0.05) is 6.92 Å². The third-order valence-corrected chi connectivity index (χ3v) is 23.4. The van der Waals surface area contributed by atoms with Crippen molar-refractivity contribution >= 4 is 50.9 Å². The smallest absolute Gasteiger partial charge is 0.417 e. The van der Waals surface area contributed by atoms with Crippen LogP contribution in [0.15, 0.2) is 0 Å². The molecule has 8 nitrogen and oxygen atoms in total. The molecule has 3 atom stereocenters. The molecule has 0 aliphatic heterocycles. The SMILES string of the molecule is CCC(C(O)C(O)CO)[Si](O[Si](C)(C)C)(O[Si](C)(C)C)O[Si](C)(O[Si](C)(C)C)O[Si](C)(C)C. The Morgan fingerprint density at radius 3 is 1.15 bits per heavy atom. The molecule has 0 radical (unpaired) electrons. The minimum Gasteiger partial charge on any atom is -0.417 e. The predicted molar refractivity (Wildman–Crippen MR) is 149 cm³/mol. The molecule has 0 bridgehead atoms. The summed E-state index contributed by atoms with van der Waals surface area (Å²) >= 11 is 0. The third-order valence-electron chi connectivity index (χ3n) is 4.10.